The molecule has 0 atom stereocenters. The summed E-state index contributed by atoms with van der Waals surface area (Å²) in [7, 11) is 0. The molecular formula is C28H24N4O4. The zero-order valence-electron chi connectivity index (χ0n) is 19.8. The van der Waals surface area contributed by atoms with Crippen LogP contribution in [0.25, 0.3) is 22.5 Å². The second-order valence-electron chi connectivity index (χ2n) is 9.01. The molecule has 5 aromatic rings. The molecular weight excluding hydrogens is 456 g/mol. The predicted molar refractivity (Wildman–Crippen MR) is 137 cm³/mol. The summed E-state index contributed by atoms with van der Waals surface area (Å²) in [5, 5.41) is 11.6. The number of aryl methyl sites for hydroxylation is 2. The normalized spacial score (nSPS) is 12.4. The summed E-state index contributed by atoms with van der Waals surface area (Å²) in [6, 6.07) is 21.3. The van der Waals surface area contributed by atoms with Gasteiger partial charge in [-0.3, -0.25) is 30.0 Å². The smallest absolute Gasteiger partial charge is 0.268 e. The fourth-order valence-electron chi connectivity index (χ4n) is 4.75. The molecule has 0 unspecified atom stereocenters. The minimum absolute atomic E-state index is 0.127. The molecule has 0 bridgehead atoms. The number of benzene rings is 3. The molecule has 8 nitrogen and oxygen atoms in total. The molecule has 0 aliphatic carbocycles. The van der Waals surface area contributed by atoms with E-state index in [1.165, 1.54) is 0 Å². The maximum Gasteiger partial charge on any atom is 0.268 e. The molecule has 2 aromatic heterocycles. The number of H-pyrrole nitrogens is 4. The van der Waals surface area contributed by atoms with Crippen LogP contribution >= 0.6 is 0 Å². The fourth-order valence-corrected chi connectivity index (χ4v) is 4.75. The molecule has 1 aliphatic heterocycles. The Morgan fingerprint density at radius 2 is 1.14 bits per heavy atom. The average Bonchev–Trinajstić information content (AvgIpc) is 3.60. The Balaban J connectivity index is 1.62. The van der Waals surface area contributed by atoms with Gasteiger partial charge in [0.15, 0.2) is 11.5 Å². The molecule has 0 radical (unpaired) electrons. The van der Waals surface area contributed by atoms with Gasteiger partial charge in [-0.2, -0.15) is 0 Å². The first-order valence-electron chi connectivity index (χ1n) is 11.6. The van der Waals surface area contributed by atoms with Crippen molar-refractivity contribution in [3.63, 3.8) is 0 Å². The van der Waals surface area contributed by atoms with Crippen molar-refractivity contribution < 1.29 is 9.47 Å². The number of nitrogens with one attached hydrogen (secondary N) is 4. The van der Waals surface area contributed by atoms with Crippen LogP contribution in [-0.2, 0) is 0 Å². The number of hydrogen-bond donors (Lipinski definition) is 4. The lowest BCUT2D eigenvalue weighted by atomic mass is 9.83. The van der Waals surface area contributed by atoms with Gasteiger partial charge in [-0.1, -0.05) is 65.7 Å². The van der Waals surface area contributed by atoms with Crippen LogP contribution in [0.2, 0.25) is 0 Å². The van der Waals surface area contributed by atoms with E-state index in [2.05, 4.69) is 20.4 Å². The highest BCUT2D eigenvalue weighted by atomic mass is 16.7. The van der Waals surface area contributed by atoms with Gasteiger partial charge < -0.3 is 9.47 Å². The first-order chi connectivity index (χ1) is 17.5. The van der Waals surface area contributed by atoms with E-state index >= 15 is 0 Å². The minimum atomic E-state index is -0.697. The summed E-state index contributed by atoms with van der Waals surface area (Å²) in [6.07, 6.45) is 0. The van der Waals surface area contributed by atoms with E-state index in [9.17, 15) is 9.59 Å². The van der Waals surface area contributed by atoms with Gasteiger partial charge in [0, 0.05) is 5.92 Å². The summed E-state index contributed by atoms with van der Waals surface area (Å²) in [5.74, 6) is 0.503. The molecule has 0 saturated heterocycles. The van der Waals surface area contributed by atoms with Gasteiger partial charge in [0.2, 0.25) is 6.79 Å². The Labute approximate surface area is 205 Å². The van der Waals surface area contributed by atoms with Crippen LogP contribution in [-0.4, -0.2) is 27.2 Å². The van der Waals surface area contributed by atoms with Crippen LogP contribution in [0.4, 0.5) is 0 Å². The van der Waals surface area contributed by atoms with E-state index in [1.807, 2.05) is 80.6 Å². The van der Waals surface area contributed by atoms with E-state index in [4.69, 9.17) is 9.47 Å². The van der Waals surface area contributed by atoms with Gasteiger partial charge in [-0.15, -0.1) is 0 Å². The molecule has 6 rings (SSSR count). The highest BCUT2D eigenvalue weighted by molar-refractivity contribution is 5.71. The maximum atomic E-state index is 13.4. The topological polar surface area (TPSA) is 116 Å². The highest BCUT2D eigenvalue weighted by Gasteiger charge is 2.32. The van der Waals surface area contributed by atoms with Crippen LogP contribution in [0.5, 0.6) is 11.5 Å². The largest absolute Gasteiger partial charge is 0.454 e. The van der Waals surface area contributed by atoms with Gasteiger partial charge in [-0.05, 0) is 42.7 Å². The molecule has 3 heterocycles. The van der Waals surface area contributed by atoms with Gasteiger partial charge >= 0.3 is 0 Å². The van der Waals surface area contributed by atoms with E-state index in [0.29, 0.717) is 34.0 Å². The number of aromatic amines is 4. The SMILES string of the molecule is Cc1ccc(-c2[nH][nH]c(=O)c2C(c2ccc3c(c2)OCO3)c2c(-c3ccc(C)cc3)[nH][nH]c2=O)cc1. The van der Waals surface area contributed by atoms with Gasteiger partial charge in [0.25, 0.3) is 11.1 Å². The molecule has 3 aromatic carbocycles. The maximum absolute atomic E-state index is 13.4. The van der Waals surface area contributed by atoms with Crippen molar-refractivity contribution in [2.45, 2.75) is 19.8 Å². The van der Waals surface area contributed by atoms with Gasteiger partial charge in [-0.25, -0.2) is 0 Å². The van der Waals surface area contributed by atoms with Crippen LogP contribution in [0.1, 0.15) is 33.7 Å². The Morgan fingerprint density at radius 3 is 1.67 bits per heavy atom. The molecule has 1 aliphatic rings. The van der Waals surface area contributed by atoms with Crippen molar-refractivity contribution >= 4 is 0 Å². The quantitative estimate of drug-likeness (QED) is 0.295. The third kappa shape index (κ3) is 3.63. The zero-order valence-corrected chi connectivity index (χ0v) is 19.8. The first-order valence-corrected chi connectivity index (χ1v) is 11.6. The van der Waals surface area contributed by atoms with Crippen molar-refractivity contribution in [1.82, 2.24) is 20.4 Å². The predicted octanol–water partition coefficient (Wildman–Crippen LogP) is 4.58. The van der Waals surface area contributed by atoms with Crippen molar-refractivity contribution in [3.05, 3.63) is 115 Å². The van der Waals surface area contributed by atoms with Crippen LogP contribution in [0.3, 0.4) is 0 Å². The van der Waals surface area contributed by atoms with Crippen molar-refractivity contribution in [3.8, 4) is 34.0 Å². The molecule has 8 heteroatoms. The van der Waals surface area contributed by atoms with E-state index < -0.39 is 5.92 Å². The van der Waals surface area contributed by atoms with Crippen LogP contribution in [0, 0.1) is 13.8 Å². The number of ether oxygens (including phenoxy) is 2. The van der Waals surface area contributed by atoms with Crippen LogP contribution < -0.4 is 20.6 Å². The lowest BCUT2D eigenvalue weighted by Crippen LogP contribution is -2.20. The Kier molecular flexibility index (Phi) is 5.14. The van der Waals surface area contributed by atoms with E-state index in [-0.39, 0.29) is 17.9 Å². The fraction of sp³-hybridized carbons (Fsp3) is 0.143. The third-order valence-corrected chi connectivity index (χ3v) is 6.62. The van der Waals surface area contributed by atoms with Crippen molar-refractivity contribution in [2.24, 2.45) is 0 Å². The molecule has 0 fully saturated rings. The summed E-state index contributed by atoms with van der Waals surface area (Å²) >= 11 is 0. The molecule has 180 valence electrons. The Morgan fingerprint density at radius 1 is 0.639 bits per heavy atom. The van der Waals surface area contributed by atoms with Gasteiger partial charge in [0.1, 0.15) is 0 Å². The molecule has 0 saturated carbocycles. The Bertz CT molecular complexity index is 1570. The van der Waals surface area contributed by atoms with E-state index in [0.717, 1.165) is 27.8 Å². The number of hydrogen-bond acceptors (Lipinski definition) is 4. The second kappa shape index (κ2) is 8.49. The standard InChI is InChI=1S/C28H24N4O4/c1-15-3-7-17(8-4-15)25-23(27(33)31-29-25)22(19-11-12-20-21(13-19)36-14-35-20)24-26(30-32-28(24)34)18-9-5-16(2)6-10-18/h3-13,22H,14H2,1-2H3,(H2,29,31,33)(H2,30,32,34). The lowest BCUT2D eigenvalue weighted by molar-refractivity contribution is 0.174. The molecule has 4 N–H and O–H groups in total. The summed E-state index contributed by atoms with van der Waals surface area (Å²) in [5.41, 5.74) is 6.14. The molecule has 0 spiro atoms. The first kappa shape index (κ1) is 21.8. The highest BCUT2D eigenvalue weighted by Crippen LogP contribution is 2.41. The molecule has 0 amide bonds. The van der Waals surface area contributed by atoms with Crippen molar-refractivity contribution in [1.29, 1.82) is 0 Å². The number of fused-ring (bicyclic) bond motifs is 1. The summed E-state index contributed by atoms with van der Waals surface area (Å²) in [4.78, 5) is 26.7. The monoisotopic (exact) mass is 480 g/mol. The summed E-state index contributed by atoms with van der Waals surface area (Å²) < 4.78 is 11.1. The number of aromatic nitrogens is 4. The van der Waals surface area contributed by atoms with Crippen LogP contribution in [0.15, 0.2) is 76.3 Å². The van der Waals surface area contributed by atoms with Gasteiger partial charge in [0.05, 0.1) is 22.5 Å². The third-order valence-electron chi connectivity index (χ3n) is 6.62. The molecule has 36 heavy (non-hydrogen) atoms. The minimum Gasteiger partial charge on any atom is -0.454 e. The lowest BCUT2D eigenvalue weighted by Gasteiger charge is -2.18. The second-order valence-corrected chi connectivity index (χ2v) is 9.01. The number of rotatable bonds is 5. The Hall–Kier alpha value is -4.72. The zero-order chi connectivity index (χ0) is 24.8. The van der Waals surface area contributed by atoms with E-state index in [1.54, 1.807) is 0 Å². The average molecular weight is 481 g/mol. The summed E-state index contributed by atoms with van der Waals surface area (Å²) in [6.45, 7) is 4.14. The van der Waals surface area contributed by atoms with Crippen molar-refractivity contribution in [2.75, 3.05) is 6.79 Å².